The molecule has 0 unspecified atom stereocenters. The number of carbonyl (C=O) groups is 3. The maximum Gasteiger partial charge on any atom is 0.271 e. The lowest BCUT2D eigenvalue weighted by molar-refractivity contribution is -0.384. The number of aliphatic hydroxyl groups is 1. The summed E-state index contributed by atoms with van der Waals surface area (Å²) in [5.74, 6) is -0.00317. The molecule has 184 valence electrons. The largest absolute Gasteiger partial charge is 0.396 e. The van der Waals surface area contributed by atoms with E-state index in [-0.39, 0.29) is 36.4 Å². The van der Waals surface area contributed by atoms with Crippen molar-refractivity contribution in [2.75, 3.05) is 31.6 Å². The van der Waals surface area contributed by atoms with Gasteiger partial charge < -0.3 is 21.1 Å². The number of benzene rings is 1. The van der Waals surface area contributed by atoms with E-state index in [1.807, 2.05) is 0 Å². The van der Waals surface area contributed by atoms with E-state index in [4.69, 9.17) is 5.11 Å². The fraction of sp³-hybridized carbons (Fsp3) is 0.609. The maximum atomic E-state index is 11.9. The summed E-state index contributed by atoms with van der Waals surface area (Å²) in [6, 6.07) is 5.98. The topological polar surface area (TPSA) is 151 Å². The molecule has 0 saturated carbocycles. The van der Waals surface area contributed by atoms with Gasteiger partial charge in [-0.25, -0.2) is 0 Å². The first-order valence-corrected chi connectivity index (χ1v) is 11.6. The molecule has 0 spiro atoms. The molecule has 10 nitrogen and oxygen atoms in total. The summed E-state index contributed by atoms with van der Waals surface area (Å²) in [5.41, 5.74) is 0.475. The number of aliphatic hydroxyl groups excluding tert-OH is 1. The fourth-order valence-corrected chi connectivity index (χ4v) is 3.13. The van der Waals surface area contributed by atoms with Gasteiger partial charge in [0, 0.05) is 56.8 Å². The number of hydrogen-bond acceptors (Lipinski definition) is 7. The average molecular weight is 465 g/mol. The second-order valence-electron chi connectivity index (χ2n) is 7.85. The lowest BCUT2D eigenvalue weighted by Crippen LogP contribution is -2.30. The Bertz CT molecular complexity index is 756. The number of ketones is 1. The normalized spacial score (nSPS) is 10.5. The Morgan fingerprint density at radius 3 is 2.15 bits per heavy atom. The molecular formula is C23H36N4O6. The van der Waals surface area contributed by atoms with E-state index in [1.165, 1.54) is 12.1 Å². The molecule has 0 fully saturated rings. The molecule has 0 saturated heterocycles. The van der Waals surface area contributed by atoms with Gasteiger partial charge >= 0.3 is 0 Å². The van der Waals surface area contributed by atoms with Gasteiger partial charge in [-0.2, -0.15) is 0 Å². The first kappa shape index (κ1) is 28.0. The van der Waals surface area contributed by atoms with Crippen LogP contribution in [-0.4, -0.2) is 53.9 Å². The third-order valence-corrected chi connectivity index (χ3v) is 4.98. The van der Waals surface area contributed by atoms with Gasteiger partial charge in [-0.05, 0) is 38.2 Å². The van der Waals surface area contributed by atoms with Crippen molar-refractivity contribution in [2.45, 2.75) is 64.2 Å². The molecule has 0 aromatic heterocycles. The van der Waals surface area contributed by atoms with Crippen molar-refractivity contribution in [3.8, 4) is 0 Å². The minimum atomic E-state index is -0.487. The van der Waals surface area contributed by atoms with E-state index in [0.717, 1.165) is 38.5 Å². The number of unbranched alkanes of at least 4 members (excludes halogenated alkanes) is 4. The highest BCUT2D eigenvalue weighted by atomic mass is 16.6. The van der Waals surface area contributed by atoms with Gasteiger partial charge in [0.05, 0.1) is 11.5 Å². The van der Waals surface area contributed by atoms with Crippen molar-refractivity contribution < 1.29 is 24.4 Å². The minimum absolute atomic E-state index is 0.0132. The highest BCUT2D eigenvalue weighted by molar-refractivity contribution is 5.80. The van der Waals surface area contributed by atoms with Crippen LogP contribution in [0.5, 0.6) is 0 Å². The number of carbonyl (C=O) groups excluding carboxylic acids is 3. The predicted octanol–water partition coefficient (Wildman–Crippen LogP) is 2.70. The van der Waals surface area contributed by atoms with Gasteiger partial charge in [0.2, 0.25) is 11.8 Å². The van der Waals surface area contributed by atoms with Crippen LogP contribution in [0.1, 0.15) is 64.2 Å². The Morgan fingerprint density at radius 1 is 0.848 bits per heavy atom. The van der Waals surface area contributed by atoms with Crippen molar-refractivity contribution in [2.24, 2.45) is 0 Å². The first-order chi connectivity index (χ1) is 15.9. The summed E-state index contributed by atoms with van der Waals surface area (Å²) < 4.78 is 0. The summed E-state index contributed by atoms with van der Waals surface area (Å²) in [6.45, 7) is 1.19. The molecule has 2 amide bonds. The van der Waals surface area contributed by atoms with Crippen LogP contribution in [0.25, 0.3) is 0 Å². The van der Waals surface area contributed by atoms with Crippen LogP contribution in [0.2, 0.25) is 0 Å². The highest BCUT2D eigenvalue weighted by Crippen LogP contribution is 2.16. The fourth-order valence-electron chi connectivity index (χ4n) is 3.13. The van der Waals surface area contributed by atoms with Crippen LogP contribution >= 0.6 is 0 Å². The monoisotopic (exact) mass is 464 g/mol. The Balaban J connectivity index is 1.96. The number of non-ortho nitro benzene ring substituents is 1. The van der Waals surface area contributed by atoms with Crippen LogP contribution in [0.15, 0.2) is 24.3 Å². The van der Waals surface area contributed by atoms with Crippen molar-refractivity contribution in [3.05, 3.63) is 34.4 Å². The molecule has 1 aromatic rings. The molecule has 33 heavy (non-hydrogen) atoms. The lowest BCUT2D eigenvalue weighted by Gasteiger charge is -2.08. The van der Waals surface area contributed by atoms with Crippen molar-refractivity contribution in [1.29, 1.82) is 0 Å². The predicted molar refractivity (Wildman–Crippen MR) is 126 cm³/mol. The molecule has 0 atom stereocenters. The van der Waals surface area contributed by atoms with Crippen LogP contribution < -0.4 is 16.0 Å². The van der Waals surface area contributed by atoms with Crippen LogP contribution in [0.4, 0.5) is 11.4 Å². The van der Waals surface area contributed by atoms with Crippen molar-refractivity contribution in [3.63, 3.8) is 0 Å². The van der Waals surface area contributed by atoms with E-state index < -0.39 is 4.92 Å². The molecule has 0 bridgehead atoms. The van der Waals surface area contributed by atoms with Crippen LogP contribution in [-0.2, 0) is 14.4 Å². The van der Waals surface area contributed by atoms with E-state index in [1.54, 1.807) is 12.1 Å². The average Bonchev–Trinajstić information content (AvgIpc) is 2.80. The smallest absolute Gasteiger partial charge is 0.271 e. The molecule has 10 heteroatoms. The summed E-state index contributed by atoms with van der Waals surface area (Å²) >= 11 is 0. The molecule has 0 heterocycles. The zero-order chi connectivity index (χ0) is 24.3. The van der Waals surface area contributed by atoms with Crippen molar-refractivity contribution in [1.82, 2.24) is 10.6 Å². The number of Topliss-reactive ketones (excluding diaryl/α,β-unsaturated/α-hetero) is 1. The number of amides is 2. The number of nitro groups is 1. The SMILES string of the molecule is O=C(CCCO)CCCCCNC(=O)CCCCCNC(=O)CNc1cccc([N+](=O)[O-])c1. The van der Waals surface area contributed by atoms with E-state index in [2.05, 4.69) is 16.0 Å². The molecule has 1 aromatic carbocycles. The number of anilines is 1. The Kier molecular flexibility index (Phi) is 14.9. The molecule has 0 radical (unpaired) electrons. The molecule has 0 aliphatic heterocycles. The summed E-state index contributed by atoms with van der Waals surface area (Å²) in [7, 11) is 0. The lowest BCUT2D eigenvalue weighted by atomic mass is 10.1. The zero-order valence-corrected chi connectivity index (χ0v) is 19.1. The van der Waals surface area contributed by atoms with Gasteiger partial charge in [0.25, 0.3) is 5.69 Å². The number of nitrogens with one attached hydrogen (secondary N) is 3. The standard InChI is InChI=1S/C23H36N4O6/c28-16-8-12-21(29)11-3-1-5-14-24-22(30)13-4-2-6-15-25-23(31)18-26-19-9-7-10-20(17-19)27(32)33/h7,9-10,17,26,28H,1-6,8,11-16,18H2,(H,24,30)(H,25,31). The zero-order valence-electron chi connectivity index (χ0n) is 19.1. The highest BCUT2D eigenvalue weighted by Gasteiger charge is 2.07. The summed E-state index contributed by atoms with van der Waals surface area (Å²) in [4.78, 5) is 45.4. The molecule has 0 aliphatic rings. The Hall–Kier alpha value is -3.01. The van der Waals surface area contributed by atoms with Gasteiger partial charge in [0.1, 0.15) is 5.78 Å². The summed E-state index contributed by atoms with van der Waals surface area (Å²) in [6.07, 6.45) is 6.82. The first-order valence-electron chi connectivity index (χ1n) is 11.6. The third kappa shape index (κ3) is 14.6. The van der Waals surface area contributed by atoms with Gasteiger partial charge in [-0.15, -0.1) is 0 Å². The van der Waals surface area contributed by atoms with Crippen LogP contribution in [0.3, 0.4) is 0 Å². The molecular weight excluding hydrogens is 428 g/mol. The second-order valence-corrected chi connectivity index (χ2v) is 7.85. The number of nitrogens with zero attached hydrogens (tertiary/aromatic N) is 1. The van der Waals surface area contributed by atoms with E-state index in [9.17, 15) is 24.5 Å². The molecule has 0 aliphatic carbocycles. The number of hydrogen-bond donors (Lipinski definition) is 4. The second kappa shape index (κ2) is 17.5. The number of rotatable bonds is 19. The maximum absolute atomic E-state index is 11.9. The van der Waals surface area contributed by atoms with Gasteiger partial charge in [0.15, 0.2) is 0 Å². The third-order valence-electron chi connectivity index (χ3n) is 4.98. The number of nitro benzene ring substituents is 1. The van der Waals surface area contributed by atoms with E-state index >= 15 is 0 Å². The quantitative estimate of drug-likeness (QED) is 0.140. The van der Waals surface area contributed by atoms with Gasteiger partial charge in [-0.3, -0.25) is 24.5 Å². The Labute approximate surface area is 194 Å². The van der Waals surface area contributed by atoms with Crippen LogP contribution in [0, 0.1) is 10.1 Å². The molecule has 4 N–H and O–H groups in total. The van der Waals surface area contributed by atoms with E-state index in [0.29, 0.717) is 44.5 Å². The minimum Gasteiger partial charge on any atom is -0.396 e. The summed E-state index contributed by atoms with van der Waals surface area (Å²) in [5, 5.41) is 28.0. The molecule has 1 rings (SSSR count). The van der Waals surface area contributed by atoms with Crippen molar-refractivity contribution >= 4 is 29.0 Å². The Morgan fingerprint density at radius 2 is 1.48 bits per heavy atom. The van der Waals surface area contributed by atoms with Gasteiger partial charge in [-0.1, -0.05) is 18.9 Å².